The number of amides is 2. The first-order valence-electron chi connectivity index (χ1n) is 9.37. The van der Waals surface area contributed by atoms with Gasteiger partial charge in [0.2, 0.25) is 11.8 Å². The number of non-ortho nitro benzene ring substituents is 1. The van der Waals surface area contributed by atoms with Crippen LogP contribution in [0.3, 0.4) is 0 Å². The Hall–Kier alpha value is -3.32. The van der Waals surface area contributed by atoms with Crippen molar-refractivity contribution in [1.29, 1.82) is 0 Å². The first-order valence-corrected chi connectivity index (χ1v) is 9.37. The van der Waals surface area contributed by atoms with Crippen molar-refractivity contribution in [3.05, 3.63) is 70.8 Å². The van der Waals surface area contributed by atoms with Gasteiger partial charge in [0, 0.05) is 12.1 Å². The summed E-state index contributed by atoms with van der Waals surface area (Å²) in [7, 11) is 0. The highest BCUT2D eigenvalue weighted by Crippen LogP contribution is 2.57. The SMILES string of the molecule is C[C@]12C=C[C@](C)(O1)[C@H]1C(=O)N(c3ccc(-c4ccc([N+](=O)[O-])cc4)cc3)C(=O)[C@H]12. The van der Waals surface area contributed by atoms with Crippen molar-refractivity contribution in [3.63, 3.8) is 0 Å². The molecular formula is C22H18N2O5. The molecule has 0 N–H and O–H groups in total. The fourth-order valence-electron chi connectivity index (χ4n) is 4.86. The zero-order valence-electron chi connectivity index (χ0n) is 15.9. The van der Waals surface area contributed by atoms with Gasteiger partial charge < -0.3 is 4.74 Å². The Morgan fingerprint density at radius 1 is 0.862 bits per heavy atom. The van der Waals surface area contributed by atoms with E-state index in [9.17, 15) is 19.7 Å². The van der Waals surface area contributed by atoms with Gasteiger partial charge in [-0.1, -0.05) is 24.3 Å². The van der Waals surface area contributed by atoms with Gasteiger partial charge in [0.15, 0.2) is 0 Å². The number of benzene rings is 2. The highest BCUT2D eigenvalue weighted by Gasteiger charge is 2.70. The molecule has 4 atom stereocenters. The van der Waals surface area contributed by atoms with Crippen molar-refractivity contribution >= 4 is 23.2 Å². The van der Waals surface area contributed by atoms with E-state index in [0.717, 1.165) is 11.1 Å². The summed E-state index contributed by atoms with van der Waals surface area (Å²) in [6.07, 6.45) is 3.78. The average Bonchev–Trinajstić information content (AvgIpc) is 3.25. The molecule has 5 rings (SSSR count). The van der Waals surface area contributed by atoms with E-state index in [4.69, 9.17) is 4.74 Å². The second-order valence-electron chi connectivity index (χ2n) is 8.12. The summed E-state index contributed by atoms with van der Waals surface area (Å²) < 4.78 is 6.02. The van der Waals surface area contributed by atoms with Crippen LogP contribution in [0.2, 0.25) is 0 Å². The normalized spacial score (nSPS) is 32.1. The van der Waals surface area contributed by atoms with Crippen molar-refractivity contribution in [1.82, 2.24) is 0 Å². The Kier molecular flexibility index (Phi) is 3.43. The van der Waals surface area contributed by atoms with Crippen molar-refractivity contribution in [2.75, 3.05) is 4.90 Å². The van der Waals surface area contributed by atoms with Crippen LogP contribution in [-0.2, 0) is 14.3 Å². The van der Waals surface area contributed by atoms with E-state index in [1.54, 1.807) is 36.4 Å². The van der Waals surface area contributed by atoms with Crippen molar-refractivity contribution in [2.45, 2.75) is 25.0 Å². The highest BCUT2D eigenvalue weighted by molar-refractivity contribution is 6.23. The maximum Gasteiger partial charge on any atom is 0.269 e. The van der Waals surface area contributed by atoms with Crippen LogP contribution in [0.4, 0.5) is 11.4 Å². The van der Waals surface area contributed by atoms with Crippen LogP contribution in [0.15, 0.2) is 60.7 Å². The summed E-state index contributed by atoms with van der Waals surface area (Å²) in [5.41, 5.74) is 0.698. The quantitative estimate of drug-likeness (QED) is 0.346. The molecule has 3 aliphatic heterocycles. The van der Waals surface area contributed by atoms with E-state index >= 15 is 0 Å². The Morgan fingerprint density at radius 2 is 1.31 bits per heavy atom. The molecule has 29 heavy (non-hydrogen) atoms. The van der Waals surface area contributed by atoms with Crippen molar-refractivity contribution in [2.24, 2.45) is 11.8 Å². The minimum absolute atomic E-state index is 0.0256. The molecule has 0 aliphatic carbocycles. The lowest BCUT2D eigenvalue weighted by Gasteiger charge is -2.25. The minimum atomic E-state index is -0.750. The number of nitrogens with zero attached hydrogens (tertiary/aromatic N) is 2. The molecule has 2 aromatic carbocycles. The van der Waals surface area contributed by atoms with Gasteiger partial charge in [-0.15, -0.1) is 0 Å². The van der Waals surface area contributed by atoms with Crippen LogP contribution in [0, 0.1) is 22.0 Å². The average molecular weight is 390 g/mol. The standard InChI is InChI=1S/C22H18N2O5/c1-21-11-12-22(2,29-21)18-17(21)19(25)23(20(18)26)15-7-3-13(4-8-15)14-5-9-16(10-6-14)24(27)28/h3-12,17-18H,1-2H3/t17-,18+,21+,22-. The van der Waals surface area contributed by atoms with Gasteiger partial charge in [0.25, 0.3) is 5.69 Å². The van der Waals surface area contributed by atoms with E-state index in [0.29, 0.717) is 5.69 Å². The molecule has 146 valence electrons. The second kappa shape index (κ2) is 5.61. The molecule has 0 saturated carbocycles. The monoisotopic (exact) mass is 390 g/mol. The third-order valence-corrected chi connectivity index (χ3v) is 6.26. The Bertz CT molecular complexity index is 1060. The summed E-state index contributed by atoms with van der Waals surface area (Å²) >= 11 is 0. The fraction of sp³-hybridized carbons (Fsp3) is 0.273. The Balaban J connectivity index is 1.45. The lowest BCUT2D eigenvalue weighted by Crippen LogP contribution is -2.39. The van der Waals surface area contributed by atoms with Crippen LogP contribution in [0.1, 0.15) is 13.8 Å². The topological polar surface area (TPSA) is 89.8 Å². The molecule has 3 aliphatic rings. The summed E-state index contributed by atoms with van der Waals surface area (Å²) in [4.78, 5) is 37.9. The van der Waals surface area contributed by atoms with Gasteiger partial charge in [-0.3, -0.25) is 19.7 Å². The van der Waals surface area contributed by atoms with Gasteiger partial charge in [-0.05, 0) is 49.2 Å². The van der Waals surface area contributed by atoms with Gasteiger partial charge in [0.05, 0.1) is 33.6 Å². The van der Waals surface area contributed by atoms with Gasteiger partial charge in [0.1, 0.15) is 0 Å². The molecule has 2 fully saturated rings. The maximum atomic E-state index is 13.1. The summed E-state index contributed by atoms with van der Waals surface area (Å²) in [6, 6.07) is 13.3. The molecule has 0 aromatic heterocycles. The highest BCUT2D eigenvalue weighted by atomic mass is 16.6. The lowest BCUT2D eigenvalue weighted by atomic mass is 9.73. The van der Waals surface area contributed by atoms with E-state index in [1.807, 2.05) is 26.0 Å². The van der Waals surface area contributed by atoms with E-state index in [2.05, 4.69) is 0 Å². The van der Waals surface area contributed by atoms with Crippen LogP contribution in [-0.4, -0.2) is 27.9 Å². The van der Waals surface area contributed by atoms with Gasteiger partial charge in [-0.2, -0.15) is 0 Å². The summed E-state index contributed by atoms with van der Waals surface area (Å²) in [6.45, 7) is 3.71. The number of rotatable bonds is 3. The number of imide groups is 1. The van der Waals surface area contributed by atoms with E-state index < -0.39 is 28.0 Å². The second-order valence-corrected chi connectivity index (χ2v) is 8.12. The number of hydrogen-bond acceptors (Lipinski definition) is 5. The molecule has 7 nitrogen and oxygen atoms in total. The molecule has 0 spiro atoms. The molecule has 7 heteroatoms. The smallest absolute Gasteiger partial charge is 0.269 e. The van der Waals surface area contributed by atoms with Crippen LogP contribution < -0.4 is 4.90 Å². The number of ether oxygens (including phenoxy) is 1. The first-order chi connectivity index (χ1) is 13.7. The molecule has 3 heterocycles. The number of hydrogen-bond donors (Lipinski definition) is 0. The van der Waals surface area contributed by atoms with Crippen molar-refractivity contribution < 1.29 is 19.2 Å². The van der Waals surface area contributed by atoms with Crippen LogP contribution >= 0.6 is 0 Å². The molecule has 0 radical (unpaired) electrons. The number of fused-ring (bicyclic) bond motifs is 5. The third-order valence-electron chi connectivity index (χ3n) is 6.26. The Labute approximate surface area is 166 Å². The van der Waals surface area contributed by atoms with Crippen LogP contribution in [0.25, 0.3) is 11.1 Å². The minimum Gasteiger partial charge on any atom is -0.359 e. The molecular weight excluding hydrogens is 372 g/mol. The summed E-state index contributed by atoms with van der Waals surface area (Å²) in [5.74, 6) is -1.50. The predicted octanol–water partition coefficient (Wildman–Crippen LogP) is 3.48. The largest absolute Gasteiger partial charge is 0.359 e. The van der Waals surface area contributed by atoms with Crippen LogP contribution in [0.5, 0.6) is 0 Å². The molecule has 0 unspecified atom stereocenters. The predicted molar refractivity (Wildman–Crippen MR) is 105 cm³/mol. The fourth-order valence-corrected chi connectivity index (χ4v) is 4.86. The zero-order chi connectivity index (χ0) is 20.6. The van der Waals surface area contributed by atoms with Crippen molar-refractivity contribution in [3.8, 4) is 11.1 Å². The van der Waals surface area contributed by atoms with Gasteiger partial charge >= 0.3 is 0 Å². The lowest BCUT2D eigenvalue weighted by molar-refractivity contribution is -0.384. The van der Waals surface area contributed by atoms with E-state index in [1.165, 1.54) is 17.0 Å². The number of nitro benzene ring substituents is 1. The molecule has 2 bridgehead atoms. The Morgan fingerprint density at radius 3 is 1.76 bits per heavy atom. The van der Waals surface area contributed by atoms with E-state index in [-0.39, 0.29) is 17.5 Å². The number of nitro groups is 1. The maximum absolute atomic E-state index is 13.1. The van der Waals surface area contributed by atoms with Gasteiger partial charge in [-0.25, -0.2) is 4.90 Å². The zero-order valence-corrected chi connectivity index (χ0v) is 15.9. The number of carbonyl (C=O) groups excluding carboxylic acids is 2. The summed E-state index contributed by atoms with van der Waals surface area (Å²) in [5, 5.41) is 10.8. The molecule has 2 amide bonds. The number of anilines is 1. The molecule has 2 saturated heterocycles. The molecule has 2 aromatic rings. The number of carbonyl (C=O) groups is 2. The third kappa shape index (κ3) is 2.34. The first kappa shape index (κ1) is 17.8.